The minimum atomic E-state index is -3.91. The molecule has 0 saturated heterocycles. The lowest BCUT2D eigenvalue weighted by Gasteiger charge is -2.32. The number of pyridine rings is 1. The van der Waals surface area contributed by atoms with E-state index in [9.17, 15) is 13.7 Å². The van der Waals surface area contributed by atoms with Crippen molar-refractivity contribution < 1.29 is 8.42 Å². The molecule has 138 valence electrons. The first-order chi connectivity index (χ1) is 13.0. The third kappa shape index (κ3) is 2.90. The summed E-state index contributed by atoms with van der Waals surface area (Å²) in [7, 11) is -3.91. The van der Waals surface area contributed by atoms with Crippen molar-refractivity contribution in [2.75, 3.05) is 10.0 Å². The molecule has 2 atom stereocenters. The van der Waals surface area contributed by atoms with Crippen molar-refractivity contribution >= 4 is 32.4 Å². The number of hydrogen-bond acceptors (Lipinski definition) is 5. The predicted molar refractivity (Wildman–Crippen MR) is 103 cm³/mol. The molecule has 0 bridgehead atoms. The predicted octanol–water partition coefficient (Wildman–Crippen LogP) is 3.03. The summed E-state index contributed by atoms with van der Waals surface area (Å²) < 4.78 is 28.7. The fourth-order valence-electron chi connectivity index (χ4n) is 3.79. The third-order valence-electron chi connectivity index (χ3n) is 5.04. The van der Waals surface area contributed by atoms with E-state index < -0.39 is 16.1 Å². The number of sulfonamides is 1. The Balaban J connectivity index is 1.94. The van der Waals surface area contributed by atoms with E-state index in [4.69, 9.17) is 5.73 Å². The summed E-state index contributed by atoms with van der Waals surface area (Å²) in [5.41, 5.74) is 7.33. The highest BCUT2D eigenvalue weighted by atomic mass is 32.2. The van der Waals surface area contributed by atoms with Gasteiger partial charge < -0.3 is 10.7 Å². The van der Waals surface area contributed by atoms with Crippen LogP contribution in [0.2, 0.25) is 0 Å². The minimum absolute atomic E-state index is 0.117. The van der Waals surface area contributed by atoms with Crippen molar-refractivity contribution in [1.82, 2.24) is 9.97 Å². The number of nitrogens with one attached hydrogen (secondary N) is 1. The second kappa shape index (κ2) is 6.59. The number of H-pyrrole nitrogens is 1. The summed E-state index contributed by atoms with van der Waals surface area (Å²) in [4.78, 5) is 7.39. The minimum Gasteiger partial charge on any atom is -0.399 e. The highest BCUT2D eigenvalue weighted by molar-refractivity contribution is 7.92. The Morgan fingerprint density at radius 1 is 1.26 bits per heavy atom. The van der Waals surface area contributed by atoms with Crippen LogP contribution in [0.5, 0.6) is 0 Å². The monoisotopic (exact) mass is 381 g/mol. The molecule has 1 saturated carbocycles. The number of nitrogen functional groups attached to an aromatic ring is 1. The molecule has 0 radical (unpaired) electrons. The number of anilines is 2. The second-order valence-electron chi connectivity index (χ2n) is 6.68. The van der Waals surface area contributed by atoms with Crippen LogP contribution in [0, 0.1) is 17.2 Å². The van der Waals surface area contributed by atoms with Gasteiger partial charge in [0.2, 0.25) is 0 Å². The number of nitrogens with zero attached hydrogens (tertiary/aromatic N) is 3. The normalized spacial score (nSPS) is 19.8. The first kappa shape index (κ1) is 17.4. The fourth-order valence-corrected chi connectivity index (χ4v) is 5.57. The number of hydrogen-bond donors (Lipinski definition) is 2. The molecule has 2 aromatic heterocycles. The molecule has 1 aliphatic carbocycles. The fraction of sp³-hybridized carbons (Fsp3) is 0.263. The molecule has 1 aromatic carbocycles. The topological polar surface area (TPSA) is 116 Å². The molecule has 1 aliphatic rings. The Bertz CT molecular complexity index is 1130. The van der Waals surface area contributed by atoms with Crippen LogP contribution in [-0.2, 0) is 10.0 Å². The lowest BCUT2D eigenvalue weighted by atomic mass is 10.1. The first-order valence-electron chi connectivity index (χ1n) is 8.74. The van der Waals surface area contributed by atoms with E-state index >= 15 is 0 Å². The summed E-state index contributed by atoms with van der Waals surface area (Å²) in [5, 5.41) is 10.3. The van der Waals surface area contributed by atoms with Crippen molar-refractivity contribution in [2.24, 2.45) is 5.92 Å². The van der Waals surface area contributed by atoms with Gasteiger partial charge in [-0.15, -0.1) is 0 Å². The molecular formula is C19H19N5O2S. The van der Waals surface area contributed by atoms with E-state index in [-0.39, 0.29) is 10.8 Å². The van der Waals surface area contributed by atoms with Crippen molar-refractivity contribution in [1.29, 1.82) is 5.26 Å². The SMILES string of the molecule is N#C[C@H]1CCC[C@@H]1N(c1ccnc2[nH]ccc12)S(=O)(=O)c1cccc(N)c1. The van der Waals surface area contributed by atoms with Crippen LogP contribution in [0.15, 0.2) is 53.7 Å². The van der Waals surface area contributed by atoms with Crippen molar-refractivity contribution in [3.8, 4) is 6.07 Å². The number of aromatic nitrogens is 2. The van der Waals surface area contributed by atoms with Gasteiger partial charge in [-0.1, -0.05) is 6.07 Å². The van der Waals surface area contributed by atoms with Crippen LogP contribution in [0.3, 0.4) is 0 Å². The second-order valence-corrected chi connectivity index (χ2v) is 8.49. The Morgan fingerprint density at radius 3 is 2.89 bits per heavy atom. The molecule has 27 heavy (non-hydrogen) atoms. The Hall–Kier alpha value is -3.05. The lowest BCUT2D eigenvalue weighted by Crippen LogP contribution is -2.42. The molecule has 0 unspecified atom stereocenters. The van der Waals surface area contributed by atoms with E-state index in [0.29, 0.717) is 35.2 Å². The van der Waals surface area contributed by atoms with E-state index in [0.717, 1.165) is 6.42 Å². The molecule has 7 nitrogen and oxygen atoms in total. The number of benzene rings is 1. The maximum atomic E-state index is 13.6. The molecule has 2 heterocycles. The first-order valence-corrected chi connectivity index (χ1v) is 10.2. The lowest BCUT2D eigenvalue weighted by molar-refractivity contribution is 0.549. The number of nitriles is 1. The Morgan fingerprint density at radius 2 is 2.11 bits per heavy atom. The van der Waals surface area contributed by atoms with E-state index in [1.165, 1.54) is 16.4 Å². The Labute approximate surface area is 157 Å². The van der Waals surface area contributed by atoms with Crippen molar-refractivity contribution in [3.63, 3.8) is 0 Å². The van der Waals surface area contributed by atoms with Gasteiger partial charge >= 0.3 is 0 Å². The maximum Gasteiger partial charge on any atom is 0.264 e. The smallest absolute Gasteiger partial charge is 0.264 e. The van der Waals surface area contributed by atoms with Gasteiger partial charge in [0.15, 0.2) is 0 Å². The average molecular weight is 381 g/mol. The summed E-state index contributed by atoms with van der Waals surface area (Å²) in [6.07, 6.45) is 5.43. The Kier molecular flexibility index (Phi) is 4.24. The van der Waals surface area contributed by atoms with Gasteiger partial charge in [0.25, 0.3) is 10.0 Å². The van der Waals surface area contributed by atoms with Gasteiger partial charge in [-0.05, 0) is 49.6 Å². The molecule has 4 rings (SSSR count). The van der Waals surface area contributed by atoms with E-state index in [1.807, 2.05) is 0 Å². The molecule has 0 spiro atoms. The number of nitrogens with two attached hydrogens (primary N) is 1. The van der Waals surface area contributed by atoms with Crippen LogP contribution >= 0.6 is 0 Å². The molecule has 0 amide bonds. The van der Waals surface area contributed by atoms with E-state index in [2.05, 4.69) is 16.0 Å². The van der Waals surface area contributed by atoms with Crippen LogP contribution in [0.25, 0.3) is 11.0 Å². The molecule has 8 heteroatoms. The largest absolute Gasteiger partial charge is 0.399 e. The van der Waals surface area contributed by atoms with Gasteiger partial charge in [0, 0.05) is 23.5 Å². The van der Waals surface area contributed by atoms with Gasteiger partial charge in [0.05, 0.1) is 28.6 Å². The van der Waals surface area contributed by atoms with Gasteiger partial charge in [-0.25, -0.2) is 13.4 Å². The molecule has 0 aliphatic heterocycles. The van der Waals surface area contributed by atoms with Crippen LogP contribution in [0.4, 0.5) is 11.4 Å². The zero-order valence-corrected chi connectivity index (χ0v) is 15.4. The molecule has 1 fully saturated rings. The number of rotatable bonds is 4. The van der Waals surface area contributed by atoms with Crippen molar-refractivity contribution in [3.05, 3.63) is 48.8 Å². The average Bonchev–Trinajstić information content (AvgIpc) is 3.31. The van der Waals surface area contributed by atoms with E-state index in [1.54, 1.807) is 36.7 Å². The zero-order valence-electron chi connectivity index (χ0n) is 14.5. The standard InChI is InChI=1S/C19H19N5O2S/c20-12-13-3-1-6-17(13)24(18-8-10-23-19-16(18)7-9-22-19)27(25,26)15-5-2-4-14(21)11-15/h2,4-5,7-11,13,17H,1,3,6,21H2,(H,22,23)/t13-,17+/m1/s1. The number of aromatic amines is 1. The van der Waals surface area contributed by atoms with Crippen LogP contribution in [0.1, 0.15) is 19.3 Å². The van der Waals surface area contributed by atoms with Gasteiger partial charge in [0.1, 0.15) is 5.65 Å². The highest BCUT2D eigenvalue weighted by Crippen LogP contribution is 2.39. The quantitative estimate of drug-likeness (QED) is 0.674. The third-order valence-corrected chi connectivity index (χ3v) is 6.87. The summed E-state index contributed by atoms with van der Waals surface area (Å²) in [6.45, 7) is 0. The number of fused-ring (bicyclic) bond motifs is 1. The summed E-state index contributed by atoms with van der Waals surface area (Å²) >= 11 is 0. The van der Waals surface area contributed by atoms with Crippen LogP contribution in [-0.4, -0.2) is 24.4 Å². The maximum absolute atomic E-state index is 13.6. The molecule has 3 aromatic rings. The van der Waals surface area contributed by atoms with Crippen molar-refractivity contribution in [2.45, 2.75) is 30.2 Å². The zero-order chi connectivity index (χ0) is 19.0. The van der Waals surface area contributed by atoms with Gasteiger partial charge in [-0.3, -0.25) is 4.31 Å². The van der Waals surface area contributed by atoms with Crippen LogP contribution < -0.4 is 10.0 Å². The molecule has 3 N–H and O–H groups in total. The van der Waals surface area contributed by atoms with Gasteiger partial charge in [-0.2, -0.15) is 5.26 Å². The highest BCUT2D eigenvalue weighted by Gasteiger charge is 2.40. The summed E-state index contributed by atoms with van der Waals surface area (Å²) in [5.74, 6) is -0.358. The molecular weight excluding hydrogens is 362 g/mol. The summed E-state index contributed by atoms with van der Waals surface area (Å²) in [6, 6.07) is 11.6.